The summed E-state index contributed by atoms with van der Waals surface area (Å²) < 4.78 is 48.2. The summed E-state index contributed by atoms with van der Waals surface area (Å²) in [6.07, 6.45) is 1.56. The van der Waals surface area contributed by atoms with E-state index in [4.69, 9.17) is 25.8 Å². The molecule has 0 aromatic carbocycles. The van der Waals surface area contributed by atoms with Crippen LogP contribution in [0.25, 0.3) is 11.5 Å². The molecule has 3 aromatic heterocycles. The molecular weight excluding hydrogens is 536 g/mol. The summed E-state index contributed by atoms with van der Waals surface area (Å²) >= 11 is 5.89. The molecule has 0 amide bonds. The van der Waals surface area contributed by atoms with Gasteiger partial charge in [0.05, 0.1) is 30.9 Å². The Morgan fingerprint density at radius 2 is 1.92 bits per heavy atom. The number of aromatic nitrogens is 6. The Kier molecular flexibility index (Phi) is 8.78. The second kappa shape index (κ2) is 11.9. The van der Waals surface area contributed by atoms with Crippen molar-refractivity contribution in [2.75, 3.05) is 45.7 Å². The molecule has 1 fully saturated rings. The van der Waals surface area contributed by atoms with Gasteiger partial charge in [-0.15, -0.1) is 10.2 Å². The summed E-state index contributed by atoms with van der Waals surface area (Å²) in [5.41, 5.74) is 0.468. The molecule has 0 aliphatic carbocycles. The van der Waals surface area contributed by atoms with Gasteiger partial charge in [-0.3, -0.25) is 9.29 Å². The fraction of sp³-hybridized carbons (Fsp3) is 0.522. The number of rotatable bonds is 10. The Morgan fingerprint density at radius 3 is 2.58 bits per heavy atom. The van der Waals surface area contributed by atoms with Crippen molar-refractivity contribution in [3.63, 3.8) is 0 Å². The second-order valence-electron chi connectivity index (χ2n) is 8.96. The zero-order valence-corrected chi connectivity index (χ0v) is 23.3. The molecule has 1 aliphatic rings. The Morgan fingerprint density at radius 1 is 1.18 bits per heavy atom. The van der Waals surface area contributed by atoms with Crippen molar-refractivity contribution in [3.05, 3.63) is 41.4 Å². The van der Waals surface area contributed by atoms with Gasteiger partial charge in [-0.2, -0.15) is 0 Å². The highest BCUT2D eigenvalue weighted by molar-refractivity contribution is 7.93. The van der Waals surface area contributed by atoms with Gasteiger partial charge >= 0.3 is 0 Å². The zero-order valence-electron chi connectivity index (χ0n) is 21.8. The highest BCUT2D eigenvalue weighted by Gasteiger charge is 2.36. The summed E-state index contributed by atoms with van der Waals surface area (Å²) in [5, 5.41) is 7.74. The van der Waals surface area contributed by atoms with Crippen LogP contribution in [0.2, 0.25) is 5.02 Å². The van der Waals surface area contributed by atoms with E-state index in [0.717, 1.165) is 6.54 Å². The average molecular weight is 567 g/mol. The van der Waals surface area contributed by atoms with Crippen molar-refractivity contribution >= 4 is 27.6 Å². The van der Waals surface area contributed by atoms with E-state index in [0.29, 0.717) is 35.6 Å². The lowest BCUT2D eigenvalue weighted by molar-refractivity contribution is -0.0421. The third kappa shape index (κ3) is 6.04. The van der Waals surface area contributed by atoms with Crippen LogP contribution < -0.4 is 9.46 Å². The van der Waals surface area contributed by atoms with E-state index in [1.54, 1.807) is 22.8 Å². The van der Waals surface area contributed by atoms with Crippen LogP contribution in [0.15, 0.2) is 30.6 Å². The van der Waals surface area contributed by atoms with Gasteiger partial charge in [0, 0.05) is 38.7 Å². The fourth-order valence-corrected chi connectivity index (χ4v) is 5.44. The van der Waals surface area contributed by atoms with Crippen LogP contribution >= 0.6 is 11.6 Å². The van der Waals surface area contributed by atoms with Crippen LogP contribution in [0.3, 0.4) is 0 Å². The number of ether oxygens (including phenoxy) is 3. The van der Waals surface area contributed by atoms with Gasteiger partial charge < -0.3 is 19.1 Å². The second-order valence-corrected chi connectivity index (χ2v) is 11.4. The van der Waals surface area contributed by atoms with Gasteiger partial charge in [-0.05, 0) is 27.0 Å². The van der Waals surface area contributed by atoms with Crippen molar-refractivity contribution < 1.29 is 22.6 Å². The number of likely N-dealkylation sites (N-methyl/N-ethyl adjacent to an activating group) is 1. The molecule has 3 aromatic rings. The monoisotopic (exact) mass is 566 g/mol. The number of nitrogens with one attached hydrogen (secondary N) is 1. The highest BCUT2D eigenvalue weighted by atomic mass is 35.5. The van der Waals surface area contributed by atoms with E-state index in [9.17, 15) is 8.42 Å². The largest absolute Gasteiger partial charge is 0.481 e. The molecule has 0 bridgehead atoms. The normalized spacial score (nSPS) is 19.1. The van der Waals surface area contributed by atoms with E-state index >= 15 is 0 Å². The lowest BCUT2D eigenvalue weighted by Gasteiger charge is -2.35. The Hall–Kier alpha value is -2.91. The molecule has 0 radical (unpaired) electrons. The Bertz CT molecular complexity index is 1340. The minimum absolute atomic E-state index is 0.0210. The van der Waals surface area contributed by atoms with Crippen LogP contribution in [-0.4, -0.2) is 95.4 Å². The third-order valence-corrected chi connectivity index (χ3v) is 8.29. The summed E-state index contributed by atoms with van der Waals surface area (Å²) in [7, 11) is 0.846. The van der Waals surface area contributed by atoms with Crippen LogP contribution in [-0.2, 0) is 19.5 Å². The number of anilines is 1. The van der Waals surface area contributed by atoms with Gasteiger partial charge in [0.2, 0.25) is 21.9 Å². The molecule has 38 heavy (non-hydrogen) atoms. The average Bonchev–Trinajstić information content (AvgIpc) is 3.32. The summed E-state index contributed by atoms with van der Waals surface area (Å²) in [4.78, 5) is 14.9. The maximum atomic E-state index is 13.6. The molecule has 1 unspecified atom stereocenters. The minimum atomic E-state index is -4.07. The van der Waals surface area contributed by atoms with Crippen LogP contribution in [0.5, 0.6) is 5.88 Å². The topological polar surface area (TPSA) is 146 Å². The molecule has 1 N–H and O–H groups in total. The standard InChI is InChI=1S/C23H31ClN8O5S/c1-14(18-13-31(3)9-10-37-18)32-22(17-7-6-8-19(27-17)35-4)28-29-23(32)30-38(33,34)15(2)20(36-5)21-25-11-16(24)12-26-21/h6-8,11-12,14-15,18,20H,9-10,13H2,1-5H3,(H,29,30)/t14-,15-,18?,20-/m0/s1. The Labute approximate surface area is 226 Å². The number of halogens is 1. The van der Waals surface area contributed by atoms with Crippen LogP contribution in [0.1, 0.15) is 31.8 Å². The maximum absolute atomic E-state index is 13.6. The molecule has 0 saturated carbocycles. The number of sulfonamides is 1. The smallest absolute Gasteiger partial charge is 0.240 e. The fourth-order valence-electron chi connectivity index (χ4n) is 4.20. The first-order valence-corrected chi connectivity index (χ1v) is 13.8. The number of hydrogen-bond acceptors (Lipinski definition) is 11. The molecule has 1 aliphatic heterocycles. The zero-order chi connectivity index (χ0) is 27.4. The quantitative estimate of drug-likeness (QED) is 0.385. The Balaban J connectivity index is 1.71. The van der Waals surface area contributed by atoms with E-state index < -0.39 is 21.4 Å². The first-order chi connectivity index (χ1) is 18.1. The van der Waals surface area contributed by atoms with Gasteiger partial charge in [-0.25, -0.2) is 23.4 Å². The van der Waals surface area contributed by atoms with Crippen molar-refractivity contribution in [2.45, 2.75) is 37.3 Å². The molecule has 4 heterocycles. The number of nitrogens with zero attached hydrogens (tertiary/aromatic N) is 7. The number of pyridine rings is 1. The van der Waals surface area contributed by atoms with E-state index in [1.807, 2.05) is 14.0 Å². The number of methoxy groups -OCH3 is 2. The van der Waals surface area contributed by atoms with Crippen molar-refractivity contribution in [3.8, 4) is 17.4 Å². The van der Waals surface area contributed by atoms with Gasteiger partial charge in [0.15, 0.2) is 11.6 Å². The lowest BCUT2D eigenvalue weighted by Crippen LogP contribution is -2.44. The molecule has 4 atom stereocenters. The summed E-state index contributed by atoms with van der Waals surface area (Å²) in [5.74, 6) is 0.958. The lowest BCUT2D eigenvalue weighted by atomic mass is 10.1. The van der Waals surface area contributed by atoms with E-state index in [1.165, 1.54) is 33.5 Å². The first kappa shape index (κ1) is 28.1. The molecule has 4 rings (SSSR count). The molecule has 1 saturated heterocycles. The first-order valence-electron chi connectivity index (χ1n) is 11.9. The van der Waals surface area contributed by atoms with Crippen molar-refractivity contribution in [1.82, 2.24) is 34.6 Å². The molecule has 15 heteroatoms. The molecule has 0 spiro atoms. The number of morpholine rings is 1. The molecular formula is C23H31ClN8O5S. The summed E-state index contributed by atoms with van der Waals surface area (Å²) in [6, 6.07) is 4.89. The SMILES string of the molecule is COc1cccc(-c2nnc(NS(=O)(=O)[C@@H](C)[C@H](OC)c3ncc(Cl)cn3)n2[C@@H](C)C2CN(C)CCO2)n1. The highest BCUT2D eigenvalue weighted by Crippen LogP contribution is 2.31. The van der Waals surface area contributed by atoms with Crippen LogP contribution in [0, 0.1) is 0 Å². The van der Waals surface area contributed by atoms with Crippen molar-refractivity contribution in [2.24, 2.45) is 0 Å². The van der Waals surface area contributed by atoms with Gasteiger partial charge in [-0.1, -0.05) is 17.7 Å². The third-order valence-electron chi connectivity index (χ3n) is 6.40. The van der Waals surface area contributed by atoms with Gasteiger partial charge in [0.1, 0.15) is 17.0 Å². The maximum Gasteiger partial charge on any atom is 0.240 e. The van der Waals surface area contributed by atoms with Gasteiger partial charge in [0.25, 0.3) is 0 Å². The predicted octanol–water partition coefficient (Wildman–Crippen LogP) is 2.20. The predicted molar refractivity (Wildman–Crippen MR) is 141 cm³/mol. The van der Waals surface area contributed by atoms with Crippen LogP contribution in [0.4, 0.5) is 5.95 Å². The van der Waals surface area contributed by atoms with Crippen molar-refractivity contribution in [1.29, 1.82) is 0 Å². The molecule has 206 valence electrons. The minimum Gasteiger partial charge on any atom is -0.481 e. The number of hydrogen-bond donors (Lipinski definition) is 1. The van der Waals surface area contributed by atoms with E-state index in [2.05, 4.69) is 34.8 Å². The summed E-state index contributed by atoms with van der Waals surface area (Å²) in [6.45, 7) is 5.43. The molecule has 13 nitrogen and oxygen atoms in total. The van der Waals surface area contributed by atoms with E-state index in [-0.39, 0.29) is 23.9 Å².